The van der Waals surface area contributed by atoms with Gasteiger partial charge in [0.15, 0.2) is 5.82 Å². The maximum absolute atomic E-state index is 13.2. The Balaban J connectivity index is 1.61. The highest BCUT2D eigenvalue weighted by Crippen LogP contribution is 2.40. The van der Waals surface area contributed by atoms with Gasteiger partial charge in [0, 0.05) is 17.4 Å². The van der Waals surface area contributed by atoms with Gasteiger partial charge in [0.05, 0.1) is 48.8 Å². The molecule has 0 radical (unpaired) electrons. The lowest BCUT2D eigenvalue weighted by Crippen LogP contribution is -2.39. The van der Waals surface area contributed by atoms with Crippen LogP contribution in [0.1, 0.15) is 28.9 Å². The highest BCUT2D eigenvalue weighted by atomic mass is 32.2. The minimum absolute atomic E-state index is 0.000506. The lowest BCUT2D eigenvalue weighted by Gasteiger charge is -2.23. The summed E-state index contributed by atoms with van der Waals surface area (Å²) in [5.74, 6) is -0.455. The standard InChI is InChI=1S/C28H28FN3O9S2/c1-16-22-13-23-24(27(33)31-38-2)25(17-5-9-19(10-6-17)40-20-11-7-18(29)8-12-20)41-28(23)30-26(22)32(43(4,36)37)14-21(39-16)15-42(3,34)35/h5-13,16,21H,14-15H2,1-4H3,(H,31,33)/t16-,21-/m0/s1. The molecule has 12 nitrogen and oxygen atoms in total. The molecule has 1 aliphatic rings. The molecular weight excluding hydrogens is 605 g/mol. The highest BCUT2D eigenvalue weighted by molar-refractivity contribution is 7.92. The number of fused-ring (bicyclic) bond motifs is 2. The third-order valence-electron chi connectivity index (χ3n) is 6.61. The molecule has 2 aromatic carbocycles. The number of sulfone groups is 1. The average molecular weight is 634 g/mol. The van der Waals surface area contributed by atoms with E-state index in [0.717, 1.165) is 16.8 Å². The summed E-state index contributed by atoms with van der Waals surface area (Å²) in [6, 6.07) is 13.6. The number of nitrogens with zero attached hydrogens (tertiary/aromatic N) is 2. The van der Waals surface area contributed by atoms with Crippen molar-refractivity contribution in [3.8, 4) is 22.8 Å². The number of rotatable bonds is 8. The number of nitrogens with one attached hydrogen (secondary N) is 1. The fourth-order valence-electron chi connectivity index (χ4n) is 4.81. The molecule has 228 valence electrons. The summed E-state index contributed by atoms with van der Waals surface area (Å²) in [5.41, 5.74) is 3.09. The number of hydrogen-bond donors (Lipinski definition) is 1. The molecule has 0 saturated heterocycles. The Morgan fingerprint density at radius 1 is 1.07 bits per heavy atom. The third-order valence-corrected chi connectivity index (χ3v) is 8.71. The molecule has 1 N–H and O–H groups in total. The van der Waals surface area contributed by atoms with Crippen LogP contribution in [0.4, 0.5) is 10.2 Å². The molecule has 0 aliphatic carbocycles. The number of furan rings is 1. The van der Waals surface area contributed by atoms with Gasteiger partial charge in [0.25, 0.3) is 5.91 Å². The number of hydroxylamine groups is 1. The van der Waals surface area contributed by atoms with Gasteiger partial charge in [-0.1, -0.05) is 0 Å². The number of halogens is 1. The summed E-state index contributed by atoms with van der Waals surface area (Å²) in [7, 11) is -6.17. The summed E-state index contributed by atoms with van der Waals surface area (Å²) < 4.78 is 81.8. The van der Waals surface area contributed by atoms with Crippen molar-refractivity contribution in [2.24, 2.45) is 0 Å². The molecule has 1 aliphatic heterocycles. The van der Waals surface area contributed by atoms with E-state index in [4.69, 9.17) is 18.7 Å². The molecular formula is C28H28FN3O9S2. The van der Waals surface area contributed by atoms with E-state index in [9.17, 15) is 26.0 Å². The van der Waals surface area contributed by atoms with Crippen molar-refractivity contribution in [3.63, 3.8) is 0 Å². The van der Waals surface area contributed by atoms with Crippen LogP contribution in [-0.4, -0.2) is 65.7 Å². The van der Waals surface area contributed by atoms with Crippen molar-refractivity contribution in [2.75, 3.05) is 36.2 Å². The molecule has 0 unspecified atom stereocenters. The van der Waals surface area contributed by atoms with E-state index in [1.165, 1.54) is 31.4 Å². The summed E-state index contributed by atoms with van der Waals surface area (Å²) >= 11 is 0. The fourth-order valence-corrected chi connectivity index (χ4v) is 6.57. The molecule has 1 amide bonds. The molecule has 2 aromatic heterocycles. The van der Waals surface area contributed by atoms with Crippen LogP contribution in [-0.2, 0) is 29.4 Å². The number of anilines is 1. The summed E-state index contributed by atoms with van der Waals surface area (Å²) in [4.78, 5) is 22.6. The van der Waals surface area contributed by atoms with Crippen molar-refractivity contribution >= 4 is 42.7 Å². The van der Waals surface area contributed by atoms with E-state index in [2.05, 4.69) is 10.5 Å². The van der Waals surface area contributed by atoms with E-state index in [0.29, 0.717) is 22.6 Å². The summed E-state index contributed by atoms with van der Waals surface area (Å²) in [5, 5.41) is 0.250. The van der Waals surface area contributed by atoms with Crippen LogP contribution in [0.15, 0.2) is 59.0 Å². The first-order chi connectivity index (χ1) is 20.2. The first-order valence-electron chi connectivity index (χ1n) is 12.9. The number of sulfonamides is 1. The first kappa shape index (κ1) is 30.4. The van der Waals surface area contributed by atoms with Gasteiger partial charge >= 0.3 is 0 Å². The number of aromatic nitrogens is 1. The van der Waals surface area contributed by atoms with Crippen molar-refractivity contribution in [2.45, 2.75) is 19.1 Å². The number of ether oxygens (including phenoxy) is 2. The zero-order valence-corrected chi connectivity index (χ0v) is 25.2. The Morgan fingerprint density at radius 2 is 1.70 bits per heavy atom. The van der Waals surface area contributed by atoms with Crippen molar-refractivity contribution < 1.29 is 44.7 Å². The maximum atomic E-state index is 13.2. The minimum atomic E-state index is -3.94. The number of benzene rings is 2. The predicted molar refractivity (Wildman–Crippen MR) is 156 cm³/mol. The van der Waals surface area contributed by atoms with Crippen LogP contribution in [0.5, 0.6) is 11.5 Å². The Morgan fingerprint density at radius 3 is 2.28 bits per heavy atom. The third kappa shape index (κ3) is 6.64. The lowest BCUT2D eigenvalue weighted by molar-refractivity contribution is 0.0193. The zero-order chi connectivity index (χ0) is 31.1. The Hall–Kier alpha value is -4.05. The number of carbonyl (C=O) groups excluding carboxylic acids is 1. The summed E-state index contributed by atoms with van der Waals surface area (Å²) in [6.45, 7) is 1.35. The molecule has 2 atom stereocenters. The number of hydrogen-bond acceptors (Lipinski definition) is 10. The van der Waals surface area contributed by atoms with Crippen LogP contribution < -0.4 is 14.5 Å². The van der Waals surface area contributed by atoms with Crippen LogP contribution in [0.3, 0.4) is 0 Å². The van der Waals surface area contributed by atoms with Gasteiger partial charge in [-0.25, -0.2) is 26.7 Å². The number of carbonyl (C=O) groups is 1. The van der Waals surface area contributed by atoms with E-state index in [1.54, 1.807) is 37.3 Å². The first-order valence-corrected chi connectivity index (χ1v) is 16.8. The predicted octanol–water partition coefficient (Wildman–Crippen LogP) is 3.99. The van der Waals surface area contributed by atoms with Crippen LogP contribution in [0.2, 0.25) is 0 Å². The Bertz CT molecular complexity index is 1890. The van der Waals surface area contributed by atoms with E-state index < -0.39 is 49.5 Å². The minimum Gasteiger partial charge on any atom is -0.457 e. The molecule has 0 spiro atoms. The molecule has 0 fully saturated rings. The normalized spacial score (nSPS) is 17.4. The smallest absolute Gasteiger partial charge is 0.279 e. The second kappa shape index (κ2) is 11.6. The van der Waals surface area contributed by atoms with Gasteiger partial charge in [0.2, 0.25) is 15.7 Å². The second-order valence-electron chi connectivity index (χ2n) is 10.1. The molecule has 5 rings (SSSR count). The largest absolute Gasteiger partial charge is 0.457 e. The molecule has 15 heteroatoms. The topological polar surface area (TPSA) is 154 Å². The monoisotopic (exact) mass is 633 g/mol. The van der Waals surface area contributed by atoms with Crippen LogP contribution in [0, 0.1) is 5.82 Å². The van der Waals surface area contributed by atoms with E-state index in [-0.39, 0.29) is 34.8 Å². The Labute approximate surface area is 247 Å². The quantitative estimate of drug-likeness (QED) is 0.282. The zero-order valence-electron chi connectivity index (χ0n) is 23.5. The highest BCUT2D eigenvalue weighted by Gasteiger charge is 2.36. The fraction of sp³-hybridized carbons (Fsp3) is 0.286. The second-order valence-corrected chi connectivity index (χ2v) is 14.2. The van der Waals surface area contributed by atoms with Gasteiger partial charge in [-0.15, -0.1) is 0 Å². The van der Waals surface area contributed by atoms with Gasteiger partial charge in [-0.05, 0) is 61.5 Å². The maximum Gasteiger partial charge on any atom is 0.279 e. The van der Waals surface area contributed by atoms with Gasteiger partial charge < -0.3 is 13.9 Å². The lowest BCUT2D eigenvalue weighted by atomic mass is 10.0. The van der Waals surface area contributed by atoms with Gasteiger partial charge in [0.1, 0.15) is 32.9 Å². The van der Waals surface area contributed by atoms with Crippen LogP contribution in [0.25, 0.3) is 22.4 Å². The molecule has 0 bridgehead atoms. The number of pyridine rings is 1. The van der Waals surface area contributed by atoms with E-state index >= 15 is 0 Å². The van der Waals surface area contributed by atoms with E-state index in [1.807, 2.05) is 0 Å². The molecule has 43 heavy (non-hydrogen) atoms. The average Bonchev–Trinajstić information content (AvgIpc) is 3.23. The molecule has 3 heterocycles. The molecule has 0 saturated carbocycles. The molecule has 4 aromatic rings. The Kier molecular flexibility index (Phi) is 8.17. The summed E-state index contributed by atoms with van der Waals surface area (Å²) in [6.07, 6.45) is 0.267. The number of amides is 1. The van der Waals surface area contributed by atoms with Crippen LogP contribution >= 0.6 is 0 Å². The van der Waals surface area contributed by atoms with Crippen molar-refractivity contribution in [1.29, 1.82) is 0 Å². The van der Waals surface area contributed by atoms with Crippen molar-refractivity contribution in [3.05, 3.63) is 71.5 Å². The van der Waals surface area contributed by atoms with Crippen molar-refractivity contribution in [1.82, 2.24) is 10.5 Å². The SMILES string of the molecule is CONC(=O)c1c(-c2ccc(Oc3ccc(F)cc3)cc2)oc2nc3c(cc12)[C@H](C)O[C@H](CS(C)(=O)=O)CN3S(C)(=O)=O. The van der Waals surface area contributed by atoms with Gasteiger partial charge in [-0.2, -0.15) is 4.98 Å². The van der Waals surface area contributed by atoms with Gasteiger partial charge in [-0.3, -0.25) is 13.9 Å².